The van der Waals surface area contributed by atoms with Crippen LogP contribution >= 0.6 is 23.2 Å². The number of carbonyl (C=O) groups is 2. The van der Waals surface area contributed by atoms with E-state index >= 15 is 0 Å². The first kappa shape index (κ1) is 20.4. The number of hydrogen-bond acceptors (Lipinski definition) is 2. The maximum atomic E-state index is 13.5. The molecule has 154 valence electrons. The number of halogens is 2. The summed E-state index contributed by atoms with van der Waals surface area (Å²) in [6.07, 6.45) is 0. The van der Waals surface area contributed by atoms with Crippen LogP contribution in [0.25, 0.3) is 21.5 Å². The van der Waals surface area contributed by atoms with Gasteiger partial charge in [0.1, 0.15) is 0 Å². The molecule has 0 radical (unpaired) electrons. The van der Waals surface area contributed by atoms with Gasteiger partial charge in [-0.05, 0) is 33.7 Å². The van der Waals surface area contributed by atoms with Crippen molar-refractivity contribution >= 4 is 56.3 Å². The molecular formula is C28H16Cl2O2. The Morgan fingerprint density at radius 3 is 1.34 bits per heavy atom. The highest BCUT2D eigenvalue weighted by Gasteiger charge is 2.22. The lowest BCUT2D eigenvalue weighted by molar-refractivity contribution is 0.103. The molecule has 0 aliphatic rings. The summed E-state index contributed by atoms with van der Waals surface area (Å²) in [5, 5.41) is 3.98. The number of carbonyl (C=O) groups excluding carboxylic acids is 2. The molecule has 0 unspecified atom stereocenters. The van der Waals surface area contributed by atoms with Gasteiger partial charge in [0.05, 0.1) is 10.0 Å². The van der Waals surface area contributed by atoms with Crippen LogP contribution in [0.3, 0.4) is 0 Å². The van der Waals surface area contributed by atoms with Gasteiger partial charge in [-0.2, -0.15) is 0 Å². The van der Waals surface area contributed by atoms with Gasteiger partial charge in [0, 0.05) is 22.3 Å². The summed E-state index contributed by atoms with van der Waals surface area (Å²) in [5.74, 6) is -0.508. The maximum Gasteiger partial charge on any atom is 0.195 e. The Kier molecular flexibility index (Phi) is 5.26. The van der Waals surface area contributed by atoms with Crippen molar-refractivity contribution in [1.29, 1.82) is 0 Å². The molecule has 0 atom stereocenters. The van der Waals surface area contributed by atoms with Crippen LogP contribution in [-0.4, -0.2) is 11.6 Å². The van der Waals surface area contributed by atoms with Crippen LogP contribution in [0.4, 0.5) is 0 Å². The van der Waals surface area contributed by atoms with E-state index in [1.54, 1.807) is 12.1 Å². The van der Waals surface area contributed by atoms with E-state index in [0.717, 1.165) is 21.5 Å². The van der Waals surface area contributed by atoms with Crippen LogP contribution in [0, 0.1) is 0 Å². The van der Waals surface area contributed by atoms with Gasteiger partial charge < -0.3 is 0 Å². The third kappa shape index (κ3) is 3.48. The van der Waals surface area contributed by atoms with Crippen LogP contribution in [0.1, 0.15) is 31.8 Å². The molecule has 0 aliphatic heterocycles. The summed E-state index contributed by atoms with van der Waals surface area (Å²) >= 11 is 12.9. The highest BCUT2D eigenvalue weighted by atomic mass is 35.5. The first-order valence-corrected chi connectivity index (χ1v) is 10.8. The fraction of sp³-hybridized carbons (Fsp3) is 0. The Balaban J connectivity index is 1.65. The molecule has 0 aliphatic carbocycles. The first-order chi connectivity index (χ1) is 15.5. The molecule has 0 amide bonds. The molecule has 2 nitrogen and oxygen atoms in total. The van der Waals surface area contributed by atoms with Crippen molar-refractivity contribution in [3.63, 3.8) is 0 Å². The smallest absolute Gasteiger partial charge is 0.195 e. The predicted molar refractivity (Wildman–Crippen MR) is 131 cm³/mol. The molecule has 32 heavy (non-hydrogen) atoms. The minimum absolute atomic E-state index is 0.211. The predicted octanol–water partition coefficient (Wildman–Crippen LogP) is 7.76. The van der Waals surface area contributed by atoms with Crippen LogP contribution < -0.4 is 0 Å². The molecule has 5 rings (SSSR count). The zero-order chi connectivity index (χ0) is 22.2. The Morgan fingerprint density at radius 2 is 0.875 bits per heavy atom. The fourth-order valence-electron chi connectivity index (χ4n) is 4.03. The first-order valence-electron chi connectivity index (χ1n) is 10.1. The van der Waals surface area contributed by atoms with Gasteiger partial charge in [-0.1, -0.05) is 108 Å². The molecule has 0 aromatic heterocycles. The molecule has 0 bridgehead atoms. The van der Waals surface area contributed by atoms with E-state index in [1.807, 2.05) is 72.8 Å². The number of benzene rings is 5. The number of ketones is 2. The van der Waals surface area contributed by atoms with Crippen molar-refractivity contribution in [2.75, 3.05) is 0 Å². The largest absolute Gasteiger partial charge is 0.289 e. The summed E-state index contributed by atoms with van der Waals surface area (Å²) in [5.41, 5.74) is 1.54. The van der Waals surface area contributed by atoms with Gasteiger partial charge in [0.15, 0.2) is 11.6 Å². The van der Waals surface area contributed by atoms with E-state index in [9.17, 15) is 9.59 Å². The SMILES string of the molecule is O=C(c1cc(C(=O)c2cccc3ccccc23)c(Cl)cc1Cl)c1cccc2ccccc12. The van der Waals surface area contributed by atoms with E-state index in [1.165, 1.54) is 12.1 Å². The second kappa shape index (κ2) is 8.23. The zero-order valence-corrected chi connectivity index (χ0v) is 18.3. The average Bonchev–Trinajstić information content (AvgIpc) is 2.82. The lowest BCUT2D eigenvalue weighted by Crippen LogP contribution is -2.08. The normalized spacial score (nSPS) is 11.1. The maximum absolute atomic E-state index is 13.5. The molecule has 0 N–H and O–H groups in total. The molecule has 4 heteroatoms. The van der Waals surface area contributed by atoms with Crippen molar-refractivity contribution in [3.8, 4) is 0 Å². The molecule has 0 fully saturated rings. The summed E-state index contributed by atoms with van der Waals surface area (Å²) < 4.78 is 0. The molecule has 0 saturated heterocycles. The monoisotopic (exact) mass is 454 g/mol. The highest BCUT2D eigenvalue weighted by Crippen LogP contribution is 2.32. The summed E-state index contributed by atoms with van der Waals surface area (Å²) in [6, 6.07) is 29.4. The van der Waals surface area contributed by atoms with Gasteiger partial charge >= 0.3 is 0 Å². The average molecular weight is 455 g/mol. The Morgan fingerprint density at radius 1 is 0.469 bits per heavy atom. The zero-order valence-electron chi connectivity index (χ0n) is 16.8. The molecule has 0 saturated carbocycles. The summed E-state index contributed by atoms with van der Waals surface area (Å²) in [6.45, 7) is 0. The molecule has 5 aromatic rings. The van der Waals surface area contributed by atoms with E-state index in [-0.39, 0.29) is 32.7 Å². The third-order valence-electron chi connectivity index (χ3n) is 5.61. The van der Waals surface area contributed by atoms with E-state index < -0.39 is 0 Å². The molecule has 0 spiro atoms. The van der Waals surface area contributed by atoms with Crippen molar-refractivity contribution in [1.82, 2.24) is 0 Å². The minimum Gasteiger partial charge on any atom is -0.289 e. The van der Waals surface area contributed by atoms with Gasteiger partial charge in [0.25, 0.3) is 0 Å². The van der Waals surface area contributed by atoms with E-state index in [2.05, 4.69) is 0 Å². The van der Waals surface area contributed by atoms with E-state index in [4.69, 9.17) is 23.2 Å². The molecule has 5 aromatic carbocycles. The molecule has 0 heterocycles. The van der Waals surface area contributed by atoms with Crippen molar-refractivity contribution in [2.45, 2.75) is 0 Å². The van der Waals surface area contributed by atoms with Crippen molar-refractivity contribution in [3.05, 3.63) is 129 Å². The lowest BCUT2D eigenvalue weighted by Gasteiger charge is -2.12. The topological polar surface area (TPSA) is 34.1 Å². The third-order valence-corrected chi connectivity index (χ3v) is 6.24. The fourth-order valence-corrected chi connectivity index (χ4v) is 4.59. The number of fused-ring (bicyclic) bond motifs is 2. The van der Waals surface area contributed by atoms with Crippen LogP contribution in [-0.2, 0) is 0 Å². The summed E-state index contributed by atoms with van der Waals surface area (Å²) in [4.78, 5) is 27.0. The van der Waals surface area contributed by atoms with Crippen LogP contribution in [0.5, 0.6) is 0 Å². The van der Waals surface area contributed by atoms with Crippen molar-refractivity contribution < 1.29 is 9.59 Å². The minimum atomic E-state index is -0.254. The van der Waals surface area contributed by atoms with Gasteiger partial charge in [-0.25, -0.2) is 0 Å². The Hall–Kier alpha value is -3.46. The van der Waals surface area contributed by atoms with Crippen LogP contribution in [0.15, 0.2) is 97.1 Å². The van der Waals surface area contributed by atoms with Crippen molar-refractivity contribution in [2.24, 2.45) is 0 Å². The second-order valence-corrected chi connectivity index (χ2v) is 8.34. The van der Waals surface area contributed by atoms with Gasteiger partial charge in [-0.15, -0.1) is 0 Å². The lowest BCUT2D eigenvalue weighted by atomic mass is 9.93. The molecular weight excluding hydrogens is 439 g/mol. The standard InChI is InChI=1S/C28H16Cl2O2/c29-25-16-26(30)24(28(32)22-14-6-10-18-8-2-4-12-20(18)22)15-23(25)27(31)21-13-5-9-17-7-1-3-11-19(17)21/h1-16H. The number of rotatable bonds is 4. The van der Waals surface area contributed by atoms with Gasteiger partial charge in [-0.3, -0.25) is 9.59 Å². The second-order valence-electron chi connectivity index (χ2n) is 7.52. The van der Waals surface area contributed by atoms with E-state index in [0.29, 0.717) is 11.1 Å². The highest BCUT2D eigenvalue weighted by molar-refractivity contribution is 6.40. The Bertz CT molecular complexity index is 1410. The summed E-state index contributed by atoms with van der Waals surface area (Å²) in [7, 11) is 0. The van der Waals surface area contributed by atoms with Crippen LogP contribution in [0.2, 0.25) is 10.0 Å². The van der Waals surface area contributed by atoms with Gasteiger partial charge in [0.2, 0.25) is 0 Å². The Labute approximate surface area is 195 Å². The quantitative estimate of drug-likeness (QED) is 0.260. The number of hydrogen-bond donors (Lipinski definition) is 0.